The van der Waals surface area contributed by atoms with Gasteiger partial charge in [-0.1, -0.05) is 37.3 Å². The second kappa shape index (κ2) is 11.7. The largest absolute Gasteiger partial charge is 0.462 e. The van der Waals surface area contributed by atoms with Gasteiger partial charge in [0.25, 0.3) is 0 Å². The van der Waals surface area contributed by atoms with Crippen LogP contribution in [0.2, 0.25) is 0 Å². The summed E-state index contributed by atoms with van der Waals surface area (Å²) in [5.74, 6) is 1.37. The van der Waals surface area contributed by atoms with Crippen molar-refractivity contribution >= 4 is 23.5 Å². The van der Waals surface area contributed by atoms with Gasteiger partial charge in [0.05, 0.1) is 12.2 Å². The van der Waals surface area contributed by atoms with Gasteiger partial charge in [0.2, 0.25) is 0 Å². The first kappa shape index (κ1) is 25.2. The molecule has 36 heavy (non-hydrogen) atoms. The second-order valence-corrected chi connectivity index (χ2v) is 8.74. The number of hydrogen-bond acceptors (Lipinski definition) is 6. The van der Waals surface area contributed by atoms with Crippen molar-refractivity contribution in [2.75, 3.05) is 43.0 Å². The van der Waals surface area contributed by atoms with Crippen LogP contribution in [-0.2, 0) is 17.6 Å². The maximum Gasteiger partial charge on any atom is 0.338 e. The lowest BCUT2D eigenvalue weighted by Crippen LogP contribution is -2.50. The number of carbonyl (C=O) groups excluding carboxylic acids is 2. The molecule has 1 N–H and O–H groups in total. The molecule has 1 saturated heterocycles. The molecule has 0 aliphatic carbocycles. The Hall–Kier alpha value is -3.94. The SMILES string of the molecule is CCOC(=O)c1ccc(NC(=O)N2CCN(c3nc(C)nc(CC)c3Cc3ccccc3)CC2)cc1. The van der Waals surface area contributed by atoms with Gasteiger partial charge in [-0.05, 0) is 50.1 Å². The summed E-state index contributed by atoms with van der Waals surface area (Å²) in [6.45, 7) is 8.71. The standard InChI is InChI=1S/C28H33N5O3/c1-4-25-24(19-21-9-7-6-8-10-21)26(30-20(3)29-25)32-15-17-33(18-16-32)28(35)31-23-13-11-22(12-14-23)27(34)36-5-2/h6-14H,4-5,15-19H2,1-3H3,(H,31,35). The van der Waals surface area contributed by atoms with Crippen molar-refractivity contribution in [2.24, 2.45) is 0 Å². The average molecular weight is 488 g/mol. The van der Waals surface area contributed by atoms with Crippen LogP contribution in [0, 0.1) is 6.92 Å². The Morgan fingerprint density at radius 2 is 1.64 bits per heavy atom. The Kier molecular flexibility index (Phi) is 8.15. The van der Waals surface area contributed by atoms with E-state index in [-0.39, 0.29) is 12.0 Å². The number of benzene rings is 2. The van der Waals surface area contributed by atoms with Crippen molar-refractivity contribution in [3.8, 4) is 0 Å². The summed E-state index contributed by atoms with van der Waals surface area (Å²) in [7, 11) is 0. The molecule has 0 radical (unpaired) electrons. The molecule has 3 aromatic rings. The van der Waals surface area contributed by atoms with Gasteiger partial charge in [-0.2, -0.15) is 0 Å². The third-order valence-corrected chi connectivity index (χ3v) is 6.26. The van der Waals surface area contributed by atoms with E-state index in [4.69, 9.17) is 14.7 Å². The van der Waals surface area contributed by atoms with Crippen LogP contribution in [0.25, 0.3) is 0 Å². The van der Waals surface area contributed by atoms with Crippen LogP contribution in [0.1, 0.15) is 46.9 Å². The molecule has 1 aliphatic heterocycles. The fourth-order valence-electron chi connectivity index (χ4n) is 4.40. The van der Waals surface area contributed by atoms with E-state index in [2.05, 4.69) is 41.4 Å². The van der Waals surface area contributed by atoms with Gasteiger partial charge in [0, 0.05) is 49.5 Å². The third-order valence-electron chi connectivity index (χ3n) is 6.26. The Bertz CT molecular complexity index is 1190. The predicted octanol–water partition coefficient (Wildman–Crippen LogP) is 4.47. The van der Waals surface area contributed by atoms with E-state index in [9.17, 15) is 9.59 Å². The van der Waals surface area contributed by atoms with E-state index in [1.165, 1.54) is 5.56 Å². The summed E-state index contributed by atoms with van der Waals surface area (Å²) in [5, 5.41) is 2.93. The van der Waals surface area contributed by atoms with Crippen LogP contribution in [-0.4, -0.2) is 59.7 Å². The maximum atomic E-state index is 12.9. The molecule has 2 amide bonds. The summed E-state index contributed by atoms with van der Waals surface area (Å²) >= 11 is 0. The van der Waals surface area contributed by atoms with Crippen LogP contribution in [0.4, 0.5) is 16.3 Å². The molecule has 0 saturated carbocycles. The maximum absolute atomic E-state index is 12.9. The Morgan fingerprint density at radius 3 is 2.28 bits per heavy atom. The number of ether oxygens (including phenoxy) is 1. The van der Waals surface area contributed by atoms with E-state index < -0.39 is 0 Å². The number of hydrogen-bond donors (Lipinski definition) is 1. The Labute approximate surface area is 212 Å². The molecule has 0 atom stereocenters. The molecule has 0 spiro atoms. The van der Waals surface area contributed by atoms with E-state index >= 15 is 0 Å². The molecule has 1 aromatic heterocycles. The molecule has 188 valence electrons. The number of amides is 2. The normalized spacial score (nSPS) is 13.4. The lowest BCUT2D eigenvalue weighted by atomic mass is 10.0. The number of nitrogens with one attached hydrogen (secondary N) is 1. The van der Waals surface area contributed by atoms with Gasteiger partial charge in [-0.15, -0.1) is 0 Å². The van der Waals surface area contributed by atoms with Gasteiger partial charge in [-0.3, -0.25) is 0 Å². The lowest BCUT2D eigenvalue weighted by Gasteiger charge is -2.36. The molecule has 4 rings (SSSR count). The van der Waals surface area contributed by atoms with Crippen LogP contribution in [0.3, 0.4) is 0 Å². The summed E-state index contributed by atoms with van der Waals surface area (Å²) < 4.78 is 5.01. The molecular formula is C28H33N5O3. The highest BCUT2D eigenvalue weighted by Crippen LogP contribution is 2.26. The van der Waals surface area contributed by atoms with Crippen molar-refractivity contribution in [1.82, 2.24) is 14.9 Å². The number of piperazine rings is 1. The molecule has 0 bridgehead atoms. The highest BCUT2D eigenvalue weighted by atomic mass is 16.5. The first-order valence-electron chi connectivity index (χ1n) is 12.5. The minimum atomic E-state index is -0.371. The van der Waals surface area contributed by atoms with Gasteiger partial charge in [0.1, 0.15) is 11.6 Å². The van der Waals surface area contributed by atoms with Gasteiger partial charge in [0.15, 0.2) is 0 Å². The van der Waals surface area contributed by atoms with Crippen molar-refractivity contribution in [1.29, 1.82) is 0 Å². The zero-order valence-corrected chi connectivity index (χ0v) is 21.2. The molecule has 1 aliphatic rings. The Balaban J connectivity index is 1.42. The molecule has 8 nitrogen and oxygen atoms in total. The number of carbonyl (C=O) groups is 2. The van der Waals surface area contributed by atoms with Crippen LogP contribution < -0.4 is 10.2 Å². The van der Waals surface area contributed by atoms with Crippen LogP contribution in [0.5, 0.6) is 0 Å². The van der Waals surface area contributed by atoms with Crippen molar-refractivity contribution < 1.29 is 14.3 Å². The van der Waals surface area contributed by atoms with Crippen molar-refractivity contribution in [3.05, 3.63) is 82.8 Å². The number of rotatable bonds is 7. The highest BCUT2D eigenvalue weighted by Gasteiger charge is 2.25. The fourth-order valence-corrected chi connectivity index (χ4v) is 4.40. The molecule has 2 aromatic carbocycles. The minimum absolute atomic E-state index is 0.156. The summed E-state index contributed by atoms with van der Waals surface area (Å²) in [6, 6.07) is 17.0. The first-order valence-corrected chi connectivity index (χ1v) is 12.5. The van der Waals surface area contributed by atoms with E-state index in [1.54, 1.807) is 36.1 Å². The molecule has 1 fully saturated rings. The van der Waals surface area contributed by atoms with Gasteiger partial charge < -0.3 is 19.9 Å². The van der Waals surface area contributed by atoms with E-state index in [1.807, 2.05) is 13.0 Å². The summed E-state index contributed by atoms with van der Waals surface area (Å²) in [6.07, 6.45) is 1.62. The predicted molar refractivity (Wildman–Crippen MR) is 141 cm³/mol. The molecule has 2 heterocycles. The molecule has 8 heteroatoms. The van der Waals surface area contributed by atoms with Crippen LogP contribution in [0.15, 0.2) is 54.6 Å². The number of aromatic nitrogens is 2. The number of aryl methyl sites for hydroxylation is 2. The summed E-state index contributed by atoms with van der Waals surface area (Å²) in [4.78, 5) is 38.3. The molecular weight excluding hydrogens is 454 g/mol. The van der Waals surface area contributed by atoms with E-state index in [0.29, 0.717) is 44.0 Å². The van der Waals surface area contributed by atoms with Crippen molar-refractivity contribution in [2.45, 2.75) is 33.6 Å². The first-order chi connectivity index (χ1) is 17.5. The van der Waals surface area contributed by atoms with E-state index in [0.717, 1.165) is 35.7 Å². The zero-order valence-electron chi connectivity index (χ0n) is 21.2. The average Bonchev–Trinajstić information content (AvgIpc) is 2.90. The highest BCUT2D eigenvalue weighted by molar-refractivity contribution is 5.92. The quantitative estimate of drug-likeness (QED) is 0.495. The van der Waals surface area contributed by atoms with Crippen molar-refractivity contribution in [3.63, 3.8) is 0 Å². The van der Waals surface area contributed by atoms with Crippen LogP contribution >= 0.6 is 0 Å². The number of urea groups is 1. The second-order valence-electron chi connectivity index (χ2n) is 8.74. The minimum Gasteiger partial charge on any atom is -0.462 e. The summed E-state index contributed by atoms with van der Waals surface area (Å²) in [5.41, 5.74) is 4.57. The number of nitrogens with zero attached hydrogens (tertiary/aromatic N) is 4. The topological polar surface area (TPSA) is 87.7 Å². The Morgan fingerprint density at radius 1 is 0.944 bits per heavy atom. The van der Waals surface area contributed by atoms with Gasteiger partial charge >= 0.3 is 12.0 Å². The zero-order chi connectivity index (χ0) is 25.5. The fraction of sp³-hybridized carbons (Fsp3) is 0.357. The molecule has 0 unspecified atom stereocenters. The number of anilines is 2. The smallest absolute Gasteiger partial charge is 0.338 e. The monoisotopic (exact) mass is 487 g/mol. The van der Waals surface area contributed by atoms with Gasteiger partial charge in [-0.25, -0.2) is 19.6 Å². The number of esters is 1. The third kappa shape index (κ3) is 6.00. The lowest BCUT2D eigenvalue weighted by molar-refractivity contribution is 0.0526.